The van der Waals surface area contributed by atoms with E-state index in [-0.39, 0.29) is 16.3 Å². The second-order valence-corrected chi connectivity index (χ2v) is 6.50. The molecule has 0 saturated carbocycles. The predicted molar refractivity (Wildman–Crippen MR) is 73.6 cm³/mol. The standard InChI is InChI=1S/C13H16N2O3S/c1-13(4-2-6-19-13)8-15-11(16)9-3-5-14-10(7-9)12(17)18/h3,5,7H,2,4,6,8H2,1H3,(H,15,16)(H,17,18). The van der Waals surface area contributed by atoms with Crippen LogP contribution in [0.1, 0.15) is 40.6 Å². The summed E-state index contributed by atoms with van der Waals surface area (Å²) >= 11 is 1.87. The monoisotopic (exact) mass is 280 g/mol. The number of nitrogens with zero attached hydrogens (tertiary/aromatic N) is 1. The number of carbonyl (C=O) groups is 2. The molecule has 1 aromatic heterocycles. The molecule has 1 saturated heterocycles. The number of thioether (sulfide) groups is 1. The van der Waals surface area contributed by atoms with Crippen LogP contribution in [0.2, 0.25) is 0 Å². The number of carboxylic acids is 1. The summed E-state index contributed by atoms with van der Waals surface area (Å²) in [6, 6.07) is 2.81. The summed E-state index contributed by atoms with van der Waals surface area (Å²) in [7, 11) is 0. The van der Waals surface area contributed by atoms with Crippen LogP contribution in [-0.4, -0.2) is 39.0 Å². The van der Waals surface area contributed by atoms with Crippen molar-refractivity contribution in [2.75, 3.05) is 12.3 Å². The van der Waals surface area contributed by atoms with E-state index in [0.717, 1.165) is 12.2 Å². The zero-order valence-corrected chi connectivity index (χ0v) is 11.5. The van der Waals surface area contributed by atoms with Crippen molar-refractivity contribution in [2.24, 2.45) is 0 Å². The van der Waals surface area contributed by atoms with Gasteiger partial charge < -0.3 is 10.4 Å². The molecule has 0 radical (unpaired) electrons. The van der Waals surface area contributed by atoms with Gasteiger partial charge in [0.05, 0.1) is 0 Å². The van der Waals surface area contributed by atoms with Crippen LogP contribution < -0.4 is 5.32 Å². The van der Waals surface area contributed by atoms with E-state index in [1.54, 1.807) is 0 Å². The maximum absolute atomic E-state index is 12.0. The van der Waals surface area contributed by atoms with Crippen LogP contribution in [0.4, 0.5) is 0 Å². The molecule has 1 fully saturated rings. The minimum absolute atomic E-state index is 0.0956. The SMILES string of the molecule is CC1(CNC(=O)c2ccnc(C(=O)O)c2)CCCS1. The summed E-state index contributed by atoms with van der Waals surface area (Å²) in [6.07, 6.45) is 3.61. The van der Waals surface area contributed by atoms with Gasteiger partial charge in [-0.1, -0.05) is 0 Å². The van der Waals surface area contributed by atoms with Gasteiger partial charge in [0.15, 0.2) is 0 Å². The van der Waals surface area contributed by atoms with Gasteiger partial charge in [-0.3, -0.25) is 4.79 Å². The van der Waals surface area contributed by atoms with Crippen LogP contribution in [-0.2, 0) is 0 Å². The lowest BCUT2D eigenvalue weighted by molar-refractivity contribution is 0.0690. The molecule has 0 aromatic carbocycles. The summed E-state index contributed by atoms with van der Waals surface area (Å²) in [5.74, 6) is -0.253. The van der Waals surface area contributed by atoms with Gasteiger partial charge in [0.25, 0.3) is 5.91 Å². The van der Waals surface area contributed by atoms with E-state index < -0.39 is 5.97 Å². The Hall–Kier alpha value is -1.56. The van der Waals surface area contributed by atoms with Crippen LogP contribution >= 0.6 is 11.8 Å². The van der Waals surface area contributed by atoms with Crippen LogP contribution in [0.25, 0.3) is 0 Å². The summed E-state index contributed by atoms with van der Waals surface area (Å²) in [5.41, 5.74) is 0.216. The Bertz CT molecular complexity index is 498. The number of nitrogens with one attached hydrogen (secondary N) is 1. The van der Waals surface area contributed by atoms with Crippen molar-refractivity contribution in [3.8, 4) is 0 Å². The number of aromatic nitrogens is 1. The number of hydrogen-bond acceptors (Lipinski definition) is 4. The van der Waals surface area contributed by atoms with E-state index in [4.69, 9.17) is 5.11 Å². The second-order valence-electron chi connectivity index (χ2n) is 4.82. The van der Waals surface area contributed by atoms with Gasteiger partial charge in [0.2, 0.25) is 0 Å². The van der Waals surface area contributed by atoms with Gasteiger partial charge in [-0.15, -0.1) is 0 Å². The number of carbonyl (C=O) groups excluding carboxylic acids is 1. The summed E-state index contributed by atoms with van der Waals surface area (Å²) < 4.78 is 0.0956. The second kappa shape index (κ2) is 5.61. The third-order valence-electron chi connectivity index (χ3n) is 3.16. The average molecular weight is 280 g/mol. The largest absolute Gasteiger partial charge is 0.477 e. The number of carboxylic acid groups (broad SMARTS) is 1. The van der Waals surface area contributed by atoms with E-state index in [1.165, 1.54) is 24.8 Å². The number of rotatable bonds is 4. The molecule has 0 spiro atoms. The molecule has 5 nitrogen and oxygen atoms in total. The summed E-state index contributed by atoms with van der Waals surface area (Å²) in [4.78, 5) is 26.5. The first-order chi connectivity index (χ1) is 9.00. The Morgan fingerprint density at radius 3 is 3.00 bits per heavy atom. The first-order valence-corrected chi connectivity index (χ1v) is 7.10. The molecule has 2 rings (SSSR count). The predicted octanol–water partition coefficient (Wildman–Crippen LogP) is 1.80. The molecule has 0 aliphatic carbocycles. The lowest BCUT2D eigenvalue weighted by atomic mass is 10.1. The minimum Gasteiger partial charge on any atom is -0.477 e. The molecule has 1 atom stereocenters. The molecule has 19 heavy (non-hydrogen) atoms. The van der Waals surface area contributed by atoms with Crippen molar-refractivity contribution in [2.45, 2.75) is 24.5 Å². The molecular formula is C13H16N2O3S. The Kier molecular flexibility index (Phi) is 4.09. The quantitative estimate of drug-likeness (QED) is 0.879. The van der Waals surface area contributed by atoms with E-state index in [0.29, 0.717) is 12.1 Å². The van der Waals surface area contributed by atoms with Gasteiger partial charge >= 0.3 is 5.97 Å². The molecule has 2 heterocycles. The minimum atomic E-state index is -1.13. The molecule has 1 aliphatic rings. The first-order valence-electron chi connectivity index (χ1n) is 6.12. The molecule has 1 aliphatic heterocycles. The highest BCUT2D eigenvalue weighted by atomic mass is 32.2. The Labute approximate surface area is 115 Å². The fraction of sp³-hybridized carbons (Fsp3) is 0.462. The zero-order valence-electron chi connectivity index (χ0n) is 10.7. The van der Waals surface area contributed by atoms with Crippen molar-refractivity contribution in [1.29, 1.82) is 0 Å². The first kappa shape index (κ1) is 13.9. The molecule has 1 aromatic rings. The van der Waals surface area contributed by atoms with Crippen molar-refractivity contribution in [1.82, 2.24) is 10.3 Å². The summed E-state index contributed by atoms with van der Waals surface area (Å²) in [6.45, 7) is 2.74. The summed E-state index contributed by atoms with van der Waals surface area (Å²) in [5, 5.41) is 11.7. The van der Waals surface area contributed by atoms with E-state index >= 15 is 0 Å². The average Bonchev–Trinajstić information content (AvgIpc) is 2.83. The third kappa shape index (κ3) is 3.47. The van der Waals surface area contributed by atoms with Crippen LogP contribution in [0, 0.1) is 0 Å². The van der Waals surface area contributed by atoms with E-state index in [9.17, 15) is 9.59 Å². The van der Waals surface area contributed by atoms with Crippen LogP contribution in [0.15, 0.2) is 18.3 Å². The number of pyridine rings is 1. The molecule has 2 N–H and O–H groups in total. The fourth-order valence-electron chi connectivity index (χ4n) is 2.03. The van der Waals surface area contributed by atoms with Crippen molar-refractivity contribution in [3.05, 3.63) is 29.6 Å². The van der Waals surface area contributed by atoms with Gasteiger partial charge in [-0.25, -0.2) is 9.78 Å². The van der Waals surface area contributed by atoms with E-state index in [1.807, 2.05) is 11.8 Å². The van der Waals surface area contributed by atoms with Crippen LogP contribution in [0.5, 0.6) is 0 Å². The van der Waals surface area contributed by atoms with Crippen molar-refractivity contribution < 1.29 is 14.7 Å². The highest BCUT2D eigenvalue weighted by molar-refractivity contribution is 8.00. The van der Waals surface area contributed by atoms with Gasteiger partial charge in [0, 0.05) is 23.1 Å². The van der Waals surface area contributed by atoms with Gasteiger partial charge in [0.1, 0.15) is 5.69 Å². The molecule has 1 unspecified atom stereocenters. The van der Waals surface area contributed by atoms with E-state index in [2.05, 4.69) is 17.2 Å². The maximum Gasteiger partial charge on any atom is 0.354 e. The normalized spacial score (nSPS) is 22.2. The Balaban J connectivity index is 1.99. The van der Waals surface area contributed by atoms with Crippen LogP contribution in [0.3, 0.4) is 0 Å². The molecule has 1 amide bonds. The third-order valence-corrected chi connectivity index (χ3v) is 4.70. The molecule has 0 bridgehead atoms. The van der Waals surface area contributed by atoms with Gasteiger partial charge in [-0.2, -0.15) is 11.8 Å². The Morgan fingerprint density at radius 1 is 1.58 bits per heavy atom. The van der Waals surface area contributed by atoms with Crippen molar-refractivity contribution in [3.63, 3.8) is 0 Å². The number of hydrogen-bond donors (Lipinski definition) is 2. The van der Waals surface area contributed by atoms with Crippen molar-refractivity contribution >= 4 is 23.6 Å². The Morgan fingerprint density at radius 2 is 2.37 bits per heavy atom. The highest BCUT2D eigenvalue weighted by Gasteiger charge is 2.29. The lowest BCUT2D eigenvalue weighted by Gasteiger charge is -2.22. The molecule has 102 valence electrons. The number of aromatic carboxylic acids is 1. The highest BCUT2D eigenvalue weighted by Crippen LogP contribution is 2.36. The molecule has 6 heteroatoms. The number of amides is 1. The zero-order chi connectivity index (χ0) is 13.9. The topological polar surface area (TPSA) is 79.3 Å². The molecular weight excluding hydrogens is 264 g/mol. The fourth-order valence-corrected chi connectivity index (χ4v) is 3.28. The van der Waals surface area contributed by atoms with Gasteiger partial charge in [-0.05, 0) is 37.7 Å². The maximum atomic E-state index is 12.0. The smallest absolute Gasteiger partial charge is 0.354 e. The lowest BCUT2D eigenvalue weighted by Crippen LogP contribution is -2.36.